The van der Waals surface area contributed by atoms with E-state index >= 15 is 0 Å². The van der Waals surface area contributed by atoms with Crippen molar-refractivity contribution in [3.8, 4) is 5.75 Å². The van der Waals surface area contributed by atoms with E-state index < -0.39 is 0 Å². The fourth-order valence-corrected chi connectivity index (χ4v) is 0.976. The molecule has 1 aromatic rings. The number of benzene rings is 1. The fourth-order valence-electron chi connectivity index (χ4n) is 0.976. The summed E-state index contributed by atoms with van der Waals surface area (Å²) in [7, 11) is 0. The van der Waals surface area contributed by atoms with Gasteiger partial charge in [-0.1, -0.05) is 6.58 Å². The van der Waals surface area contributed by atoms with Crippen LogP contribution in [0.25, 0.3) is 0 Å². The molecule has 0 saturated heterocycles. The van der Waals surface area contributed by atoms with Gasteiger partial charge in [0.2, 0.25) is 0 Å². The third-order valence-electron chi connectivity index (χ3n) is 1.61. The number of ether oxygens (including phenoxy) is 1. The summed E-state index contributed by atoms with van der Waals surface area (Å²) in [6, 6.07) is 4.47. The fraction of sp³-hybridized carbons (Fsp3) is 0.273. The van der Waals surface area contributed by atoms with Gasteiger partial charge in [-0.05, 0) is 43.2 Å². The van der Waals surface area contributed by atoms with Gasteiger partial charge in [0.15, 0.2) is 0 Å². The van der Waals surface area contributed by atoms with E-state index in [0.717, 1.165) is 11.1 Å². The molecule has 0 atom stereocenters. The van der Waals surface area contributed by atoms with Crippen molar-refractivity contribution in [3.63, 3.8) is 0 Å². The van der Waals surface area contributed by atoms with Gasteiger partial charge in [0, 0.05) is 0 Å². The molecule has 0 N–H and O–H groups in total. The molecule has 0 heterocycles. The third-order valence-corrected chi connectivity index (χ3v) is 1.61. The topological polar surface area (TPSA) is 9.23 Å². The van der Waals surface area contributed by atoms with E-state index in [1.165, 1.54) is 12.1 Å². The number of aryl methyl sites for hydroxylation is 1. The molecule has 1 aromatic carbocycles. The Morgan fingerprint density at radius 1 is 1.54 bits per heavy atom. The van der Waals surface area contributed by atoms with Gasteiger partial charge in [0.05, 0.1) is 0 Å². The van der Waals surface area contributed by atoms with Gasteiger partial charge >= 0.3 is 0 Å². The molecule has 0 unspecified atom stereocenters. The van der Waals surface area contributed by atoms with Crippen LogP contribution >= 0.6 is 0 Å². The van der Waals surface area contributed by atoms with Crippen molar-refractivity contribution in [2.24, 2.45) is 0 Å². The van der Waals surface area contributed by atoms with Crippen molar-refractivity contribution in [3.05, 3.63) is 41.7 Å². The molecule has 0 aliphatic heterocycles. The average Bonchev–Trinajstić information content (AvgIpc) is 2.02. The first kappa shape index (κ1) is 9.78. The Morgan fingerprint density at radius 2 is 2.23 bits per heavy atom. The Labute approximate surface area is 77.8 Å². The lowest BCUT2D eigenvalue weighted by molar-refractivity contribution is 0.349. The van der Waals surface area contributed by atoms with E-state index in [-0.39, 0.29) is 5.82 Å². The molecule has 0 bridgehead atoms. The Morgan fingerprint density at radius 3 is 2.77 bits per heavy atom. The monoisotopic (exact) mass is 180 g/mol. The minimum atomic E-state index is -0.236. The summed E-state index contributed by atoms with van der Waals surface area (Å²) in [5, 5.41) is 0. The van der Waals surface area contributed by atoms with Crippen LogP contribution in [0.3, 0.4) is 0 Å². The summed E-state index contributed by atoms with van der Waals surface area (Å²) in [6.45, 7) is 7.90. The zero-order valence-electron chi connectivity index (χ0n) is 7.93. The smallest absolute Gasteiger partial charge is 0.123 e. The van der Waals surface area contributed by atoms with E-state index in [1.807, 2.05) is 13.8 Å². The van der Waals surface area contributed by atoms with Crippen LogP contribution in [-0.4, -0.2) is 6.61 Å². The first-order valence-corrected chi connectivity index (χ1v) is 4.13. The Bertz CT molecular complexity index is 318. The minimum Gasteiger partial charge on any atom is -0.489 e. The van der Waals surface area contributed by atoms with Crippen molar-refractivity contribution in [1.82, 2.24) is 0 Å². The Balaban J connectivity index is 2.72. The summed E-state index contributed by atoms with van der Waals surface area (Å²) in [4.78, 5) is 0. The lowest BCUT2D eigenvalue weighted by Gasteiger charge is -2.08. The predicted octanol–water partition coefficient (Wildman–Crippen LogP) is 3.09. The minimum absolute atomic E-state index is 0.236. The van der Waals surface area contributed by atoms with Gasteiger partial charge < -0.3 is 4.74 Å². The maximum Gasteiger partial charge on any atom is 0.123 e. The Hall–Kier alpha value is -1.31. The molecule has 70 valence electrons. The van der Waals surface area contributed by atoms with E-state index in [2.05, 4.69) is 6.58 Å². The van der Waals surface area contributed by atoms with E-state index in [4.69, 9.17) is 4.74 Å². The van der Waals surface area contributed by atoms with Crippen LogP contribution in [0.5, 0.6) is 5.75 Å². The highest BCUT2D eigenvalue weighted by atomic mass is 19.1. The molecule has 0 fully saturated rings. The summed E-state index contributed by atoms with van der Waals surface area (Å²) in [5.74, 6) is 0.476. The number of halogens is 1. The number of hydrogen-bond donors (Lipinski definition) is 0. The standard InChI is InChI=1S/C11H13FO/c1-8(2)7-13-11-5-4-10(12)6-9(11)3/h4-6H,1,7H2,2-3H3. The number of rotatable bonds is 3. The van der Waals surface area contributed by atoms with Crippen LogP contribution in [0.4, 0.5) is 4.39 Å². The lowest BCUT2D eigenvalue weighted by atomic mass is 10.2. The highest BCUT2D eigenvalue weighted by molar-refractivity contribution is 5.32. The van der Waals surface area contributed by atoms with Gasteiger partial charge in [-0.3, -0.25) is 0 Å². The quantitative estimate of drug-likeness (QED) is 0.649. The van der Waals surface area contributed by atoms with E-state index in [0.29, 0.717) is 12.4 Å². The van der Waals surface area contributed by atoms with Crippen LogP contribution < -0.4 is 4.74 Å². The number of hydrogen-bond acceptors (Lipinski definition) is 1. The maximum atomic E-state index is 12.7. The highest BCUT2D eigenvalue weighted by Crippen LogP contribution is 2.18. The second-order valence-corrected chi connectivity index (χ2v) is 3.16. The van der Waals surface area contributed by atoms with Crippen LogP contribution in [-0.2, 0) is 0 Å². The molecule has 0 aromatic heterocycles. The van der Waals surface area contributed by atoms with Crippen molar-refractivity contribution in [2.75, 3.05) is 6.61 Å². The molecule has 0 amide bonds. The normalized spacial score (nSPS) is 9.77. The van der Waals surface area contributed by atoms with Crippen LogP contribution in [0, 0.1) is 12.7 Å². The van der Waals surface area contributed by atoms with E-state index in [1.54, 1.807) is 6.07 Å². The lowest BCUT2D eigenvalue weighted by Crippen LogP contribution is -1.99. The van der Waals surface area contributed by atoms with E-state index in [9.17, 15) is 4.39 Å². The van der Waals surface area contributed by atoms with Gasteiger partial charge in [0.25, 0.3) is 0 Å². The largest absolute Gasteiger partial charge is 0.489 e. The van der Waals surface area contributed by atoms with Crippen molar-refractivity contribution >= 4 is 0 Å². The van der Waals surface area contributed by atoms with Gasteiger partial charge in [-0.25, -0.2) is 4.39 Å². The molecule has 0 radical (unpaired) electrons. The molecular weight excluding hydrogens is 167 g/mol. The summed E-state index contributed by atoms with van der Waals surface area (Å²) in [5.41, 5.74) is 1.75. The second kappa shape index (κ2) is 4.08. The van der Waals surface area contributed by atoms with Gasteiger partial charge in [-0.15, -0.1) is 0 Å². The molecular formula is C11H13FO. The molecule has 0 aliphatic rings. The van der Waals surface area contributed by atoms with Crippen molar-refractivity contribution in [1.29, 1.82) is 0 Å². The zero-order valence-corrected chi connectivity index (χ0v) is 7.93. The molecule has 0 spiro atoms. The molecule has 13 heavy (non-hydrogen) atoms. The highest BCUT2D eigenvalue weighted by Gasteiger charge is 2.00. The molecule has 0 aliphatic carbocycles. The van der Waals surface area contributed by atoms with Crippen LogP contribution in [0.15, 0.2) is 30.4 Å². The van der Waals surface area contributed by atoms with Crippen molar-refractivity contribution in [2.45, 2.75) is 13.8 Å². The summed E-state index contributed by atoms with van der Waals surface area (Å²) < 4.78 is 18.1. The zero-order chi connectivity index (χ0) is 9.84. The molecule has 1 nitrogen and oxygen atoms in total. The second-order valence-electron chi connectivity index (χ2n) is 3.16. The van der Waals surface area contributed by atoms with Crippen LogP contribution in [0.1, 0.15) is 12.5 Å². The summed E-state index contributed by atoms with van der Waals surface area (Å²) >= 11 is 0. The first-order chi connectivity index (χ1) is 6.09. The molecule has 0 saturated carbocycles. The molecule has 1 rings (SSSR count). The predicted molar refractivity (Wildman–Crippen MR) is 51.4 cm³/mol. The molecule has 2 heteroatoms. The van der Waals surface area contributed by atoms with Gasteiger partial charge in [-0.2, -0.15) is 0 Å². The first-order valence-electron chi connectivity index (χ1n) is 4.13. The third kappa shape index (κ3) is 2.90. The average molecular weight is 180 g/mol. The SMILES string of the molecule is C=C(C)COc1ccc(F)cc1C. The summed E-state index contributed by atoms with van der Waals surface area (Å²) in [6.07, 6.45) is 0. The van der Waals surface area contributed by atoms with Gasteiger partial charge in [0.1, 0.15) is 18.2 Å². The maximum absolute atomic E-state index is 12.7. The van der Waals surface area contributed by atoms with Crippen molar-refractivity contribution < 1.29 is 9.13 Å². The van der Waals surface area contributed by atoms with Crippen LogP contribution in [0.2, 0.25) is 0 Å². The Kier molecular flexibility index (Phi) is 3.07.